The Labute approximate surface area is 222 Å². The van der Waals surface area contributed by atoms with Crippen LogP contribution < -0.4 is 0 Å². The Kier molecular flexibility index (Phi) is 8.86. The van der Waals surface area contributed by atoms with E-state index in [0.717, 1.165) is 19.3 Å². The van der Waals surface area contributed by atoms with Gasteiger partial charge < -0.3 is 13.6 Å². The number of hydrogen-bond acceptors (Lipinski definition) is 4. The van der Waals surface area contributed by atoms with Gasteiger partial charge in [0.05, 0.1) is 18.6 Å². The van der Waals surface area contributed by atoms with Crippen molar-refractivity contribution in [3.05, 3.63) is 48.0 Å². The van der Waals surface area contributed by atoms with E-state index in [9.17, 15) is 4.79 Å². The predicted octanol–water partition coefficient (Wildman–Crippen LogP) is 7.91. The number of fused-ring (bicyclic) bond motifs is 1. The minimum Gasteiger partial charge on any atom is -0.462 e. The molecule has 4 nitrogen and oxygen atoms in total. The van der Waals surface area contributed by atoms with Crippen LogP contribution in [0.4, 0.5) is 0 Å². The Hall–Kier alpha value is -1.22. The average Bonchev–Trinajstić information content (AvgIpc) is 3.24. The quantitative estimate of drug-likeness (QED) is 0.185. The van der Waals surface area contributed by atoms with Gasteiger partial charge in [-0.05, 0) is 54.7 Å². The van der Waals surface area contributed by atoms with Gasteiger partial charge >= 0.3 is 5.97 Å². The third kappa shape index (κ3) is 7.00. The molecule has 6 heteroatoms. The van der Waals surface area contributed by atoms with Gasteiger partial charge in [0, 0.05) is 18.3 Å². The summed E-state index contributed by atoms with van der Waals surface area (Å²) in [5.74, 6) is 0.316. The molecule has 1 heterocycles. The Bertz CT molecular complexity index is 911. The van der Waals surface area contributed by atoms with Gasteiger partial charge in [0.2, 0.25) is 0 Å². The zero-order valence-electron chi connectivity index (χ0n) is 24.4. The lowest BCUT2D eigenvalue weighted by Gasteiger charge is -2.40. The number of aryl methyl sites for hydroxylation is 1. The lowest BCUT2D eigenvalue weighted by Crippen LogP contribution is -2.45. The van der Waals surface area contributed by atoms with E-state index in [0.29, 0.717) is 6.42 Å². The first-order valence-corrected chi connectivity index (χ1v) is 19.6. The van der Waals surface area contributed by atoms with Crippen LogP contribution in [0.25, 0.3) is 0 Å². The summed E-state index contributed by atoms with van der Waals surface area (Å²) in [5, 5.41) is 0.281. The van der Waals surface area contributed by atoms with Crippen molar-refractivity contribution in [3.8, 4) is 0 Å². The summed E-state index contributed by atoms with van der Waals surface area (Å²) in [5.41, 5.74) is 1.34. The summed E-state index contributed by atoms with van der Waals surface area (Å²) in [6, 6.07) is 10.7. The molecule has 0 spiro atoms. The van der Waals surface area contributed by atoms with E-state index in [1.165, 1.54) is 5.56 Å². The monoisotopic (exact) mass is 530 g/mol. The summed E-state index contributed by atoms with van der Waals surface area (Å²) in [6.07, 6.45) is 7.94. The van der Waals surface area contributed by atoms with Gasteiger partial charge in [0.25, 0.3) is 0 Å². The first-order valence-electron chi connectivity index (χ1n) is 13.8. The van der Waals surface area contributed by atoms with Gasteiger partial charge in [-0.15, -0.1) is 0 Å². The summed E-state index contributed by atoms with van der Waals surface area (Å²) in [7, 11) is -3.91. The Morgan fingerprint density at radius 3 is 2.19 bits per heavy atom. The van der Waals surface area contributed by atoms with E-state index in [2.05, 4.69) is 110 Å². The van der Waals surface area contributed by atoms with Gasteiger partial charge in [0.15, 0.2) is 16.6 Å². The van der Waals surface area contributed by atoms with E-state index >= 15 is 0 Å². The largest absolute Gasteiger partial charge is 0.462 e. The van der Waals surface area contributed by atoms with Gasteiger partial charge in [0.1, 0.15) is 6.10 Å². The fourth-order valence-corrected chi connectivity index (χ4v) is 7.47. The second kappa shape index (κ2) is 10.9. The summed E-state index contributed by atoms with van der Waals surface area (Å²) < 4.78 is 19.6. The average molecular weight is 531 g/mol. The van der Waals surface area contributed by atoms with E-state index in [4.69, 9.17) is 13.6 Å². The molecule has 0 radical (unpaired) electrons. The van der Waals surface area contributed by atoms with Crippen LogP contribution in [0.5, 0.6) is 0 Å². The van der Waals surface area contributed by atoms with Crippen molar-refractivity contribution in [2.45, 2.75) is 122 Å². The molecule has 0 amide bonds. The second-order valence-corrected chi connectivity index (χ2v) is 23.5. The highest BCUT2D eigenvalue weighted by molar-refractivity contribution is 6.74. The van der Waals surface area contributed by atoms with Crippen molar-refractivity contribution in [1.29, 1.82) is 0 Å². The zero-order valence-corrected chi connectivity index (χ0v) is 26.4. The summed E-state index contributed by atoms with van der Waals surface area (Å²) in [6.45, 7) is 23.0. The van der Waals surface area contributed by atoms with Gasteiger partial charge in [-0.3, -0.25) is 4.79 Å². The molecule has 0 unspecified atom stereocenters. The molecule has 1 saturated heterocycles. The van der Waals surface area contributed by atoms with Crippen molar-refractivity contribution >= 4 is 22.6 Å². The van der Waals surface area contributed by atoms with Gasteiger partial charge in [-0.25, -0.2) is 0 Å². The summed E-state index contributed by atoms with van der Waals surface area (Å²) in [4.78, 5) is 12.2. The number of esters is 1. The molecule has 0 aromatic heterocycles. The smallest absolute Gasteiger partial charge is 0.306 e. The zero-order chi connectivity index (χ0) is 26.9. The normalized spacial score (nSPS) is 26.3. The lowest BCUT2D eigenvalue weighted by atomic mass is 9.91. The molecule has 2 aliphatic rings. The fourth-order valence-electron chi connectivity index (χ4n) is 4.80. The molecule has 36 heavy (non-hydrogen) atoms. The molecule has 3 rings (SSSR count). The number of benzene rings is 1. The standard InChI is InChI=1S/C30H50O4Si2/c1-29(2,3)35(7,8)33-23(17-16-22-14-12-11-13-15-22)18-19-24-25-20-28(31)32-26(25)21-27(24)34-36(9,10)30(4,5)6/h11-15,18-19,23-27H,16-17,20-21H2,1-10H3/b19-18+/t23-,24-,25-,26+,27-/m1/s1. The molecule has 1 aliphatic carbocycles. The van der Waals surface area contributed by atoms with Crippen LogP contribution in [0.3, 0.4) is 0 Å². The fraction of sp³-hybridized carbons (Fsp3) is 0.700. The van der Waals surface area contributed by atoms with Crippen LogP contribution in [0.15, 0.2) is 42.5 Å². The first kappa shape index (κ1) is 29.3. The van der Waals surface area contributed by atoms with E-state index in [1.807, 2.05) is 0 Å². The highest BCUT2D eigenvalue weighted by Crippen LogP contribution is 2.47. The Morgan fingerprint density at radius 1 is 1.00 bits per heavy atom. The number of carbonyl (C=O) groups excluding carboxylic acids is 1. The maximum atomic E-state index is 12.2. The van der Waals surface area contributed by atoms with Crippen molar-refractivity contribution in [2.24, 2.45) is 11.8 Å². The molecule has 0 N–H and O–H groups in total. The lowest BCUT2D eigenvalue weighted by molar-refractivity contribution is -0.141. The van der Waals surface area contributed by atoms with Crippen LogP contribution in [0, 0.1) is 11.8 Å². The summed E-state index contributed by atoms with van der Waals surface area (Å²) >= 11 is 0. The third-order valence-corrected chi connectivity index (χ3v) is 18.2. The van der Waals surface area contributed by atoms with Gasteiger partial charge in [-0.2, -0.15) is 0 Å². The molecule has 202 valence electrons. The Balaban J connectivity index is 1.84. The van der Waals surface area contributed by atoms with Crippen LogP contribution >= 0.6 is 0 Å². The minimum absolute atomic E-state index is 0.0222. The number of hydrogen-bond donors (Lipinski definition) is 0. The maximum Gasteiger partial charge on any atom is 0.306 e. The third-order valence-electron chi connectivity index (χ3n) is 9.16. The number of carbonyl (C=O) groups is 1. The molecule has 1 saturated carbocycles. The van der Waals surface area contributed by atoms with Crippen molar-refractivity contribution in [2.75, 3.05) is 0 Å². The van der Waals surface area contributed by atoms with Crippen molar-refractivity contribution in [1.82, 2.24) is 0 Å². The Morgan fingerprint density at radius 2 is 1.61 bits per heavy atom. The first-order chi connectivity index (χ1) is 16.5. The minimum atomic E-state index is -1.95. The SMILES string of the molecule is CC(C)(C)[Si](C)(C)O[C@@H](/C=C/[C@@H]1[C@H]2CC(=O)O[C@H]2C[C@H]1O[Si](C)(C)C(C)(C)C)CCc1ccccc1. The second-order valence-electron chi connectivity index (χ2n) is 14.0. The molecule has 1 aromatic carbocycles. The van der Waals surface area contributed by atoms with E-state index in [-0.39, 0.29) is 46.2 Å². The van der Waals surface area contributed by atoms with E-state index < -0.39 is 16.6 Å². The topological polar surface area (TPSA) is 44.8 Å². The maximum absolute atomic E-state index is 12.2. The molecule has 0 bridgehead atoms. The van der Waals surface area contributed by atoms with Gasteiger partial charge in [-0.1, -0.05) is 84.0 Å². The van der Waals surface area contributed by atoms with E-state index in [1.54, 1.807) is 0 Å². The molecule has 1 aromatic rings. The predicted molar refractivity (Wildman–Crippen MR) is 154 cm³/mol. The molecule has 2 fully saturated rings. The van der Waals surface area contributed by atoms with Crippen molar-refractivity contribution in [3.63, 3.8) is 0 Å². The molecular weight excluding hydrogens is 480 g/mol. The molecule has 5 atom stereocenters. The number of ether oxygens (including phenoxy) is 1. The molecular formula is C30H50O4Si2. The van der Waals surface area contributed by atoms with Crippen LogP contribution in [0.2, 0.25) is 36.3 Å². The van der Waals surface area contributed by atoms with Crippen LogP contribution in [0.1, 0.15) is 66.4 Å². The van der Waals surface area contributed by atoms with Crippen LogP contribution in [-0.2, 0) is 24.8 Å². The highest BCUT2D eigenvalue weighted by Gasteiger charge is 2.52. The number of rotatable bonds is 9. The van der Waals surface area contributed by atoms with Crippen molar-refractivity contribution < 1.29 is 18.4 Å². The highest BCUT2D eigenvalue weighted by atomic mass is 28.4. The van der Waals surface area contributed by atoms with Crippen LogP contribution in [-0.4, -0.2) is 40.9 Å². The molecule has 1 aliphatic heterocycles.